The van der Waals surface area contributed by atoms with E-state index in [0.29, 0.717) is 38.4 Å². The molecule has 0 radical (unpaired) electrons. The summed E-state index contributed by atoms with van der Waals surface area (Å²) in [5.41, 5.74) is 0.937. The highest BCUT2D eigenvalue weighted by Gasteiger charge is 2.33. The van der Waals surface area contributed by atoms with E-state index in [0.717, 1.165) is 6.07 Å². The molecule has 0 spiro atoms. The van der Waals surface area contributed by atoms with Crippen LogP contribution in [0.4, 0.5) is 19.0 Å². The minimum absolute atomic E-state index is 0.0141. The van der Waals surface area contributed by atoms with Gasteiger partial charge in [-0.25, -0.2) is 9.97 Å². The van der Waals surface area contributed by atoms with E-state index in [4.69, 9.17) is 39.3 Å². The van der Waals surface area contributed by atoms with Crippen LogP contribution in [0.1, 0.15) is 17.4 Å². The van der Waals surface area contributed by atoms with Crippen molar-refractivity contribution in [1.29, 1.82) is 0 Å². The van der Waals surface area contributed by atoms with Gasteiger partial charge in [-0.2, -0.15) is 13.2 Å². The highest BCUT2D eigenvalue weighted by Crippen LogP contribution is 2.36. The van der Waals surface area contributed by atoms with Gasteiger partial charge in [0.2, 0.25) is 0 Å². The Balaban J connectivity index is 1.45. The average molecular weight is 530 g/mol. The molecule has 1 unspecified atom stereocenters. The molecule has 34 heavy (non-hydrogen) atoms. The zero-order valence-electron chi connectivity index (χ0n) is 16.9. The molecule has 0 aliphatic rings. The summed E-state index contributed by atoms with van der Waals surface area (Å²) in [5, 5.41) is 17.7. The third kappa shape index (κ3) is 5.44. The number of aromatic nitrogens is 3. The van der Waals surface area contributed by atoms with E-state index in [2.05, 4.69) is 20.4 Å². The lowest BCUT2D eigenvalue weighted by atomic mass is 10.1. The molecule has 2 aromatic heterocycles. The van der Waals surface area contributed by atoms with E-state index < -0.39 is 22.9 Å². The number of nitrogens with one attached hydrogen (secondary N) is 1. The van der Waals surface area contributed by atoms with Crippen LogP contribution in [0, 0.1) is 0 Å². The summed E-state index contributed by atoms with van der Waals surface area (Å²) in [4.78, 5) is 8.14. The quantitative estimate of drug-likeness (QED) is 0.282. The largest absolute Gasteiger partial charge is 0.417 e. The normalized spacial score (nSPS) is 12.6. The molecule has 0 saturated heterocycles. The molecule has 2 aromatic carbocycles. The molecule has 0 aliphatic carbocycles. The van der Waals surface area contributed by atoms with Crippen molar-refractivity contribution in [3.05, 3.63) is 81.2 Å². The van der Waals surface area contributed by atoms with Gasteiger partial charge in [0.15, 0.2) is 5.76 Å². The maximum absolute atomic E-state index is 12.9. The minimum Gasteiger partial charge on any atom is -0.383 e. The number of alkyl halides is 3. The Hall–Kier alpha value is -2.85. The van der Waals surface area contributed by atoms with Crippen molar-refractivity contribution in [3.63, 3.8) is 0 Å². The molecule has 4 aromatic rings. The van der Waals surface area contributed by atoms with Crippen molar-refractivity contribution in [2.75, 3.05) is 11.9 Å². The third-order valence-electron chi connectivity index (χ3n) is 4.79. The second-order valence-electron chi connectivity index (χ2n) is 7.12. The lowest BCUT2D eigenvalue weighted by Gasteiger charge is -2.12. The van der Waals surface area contributed by atoms with Crippen LogP contribution >= 0.6 is 34.8 Å². The molecule has 6 nitrogen and oxygen atoms in total. The second-order valence-corrected chi connectivity index (χ2v) is 8.34. The average Bonchev–Trinajstić information content (AvgIpc) is 3.29. The first-order valence-electron chi connectivity index (χ1n) is 9.65. The topological polar surface area (TPSA) is 84.1 Å². The predicted molar refractivity (Wildman–Crippen MR) is 123 cm³/mol. The summed E-state index contributed by atoms with van der Waals surface area (Å²) in [6.45, 7) is 0.0141. The molecule has 0 bridgehead atoms. The van der Waals surface area contributed by atoms with Crippen LogP contribution < -0.4 is 5.32 Å². The van der Waals surface area contributed by atoms with Crippen molar-refractivity contribution in [2.24, 2.45) is 0 Å². The minimum atomic E-state index is -4.55. The zero-order chi connectivity index (χ0) is 24.5. The summed E-state index contributed by atoms with van der Waals surface area (Å²) < 4.78 is 44.0. The summed E-state index contributed by atoms with van der Waals surface area (Å²) in [6, 6.07) is 11.4. The van der Waals surface area contributed by atoms with Crippen molar-refractivity contribution in [3.8, 4) is 22.5 Å². The van der Waals surface area contributed by atoms with E-state index in [9.17, 15) is 18.3 Å². The highest BCUT2D eigenvalue weighted by atomic mass is 35.5. The van der Waals surface area contributed by atoms with Crippen molar-refractivity contribution < 1.29 is 22.8 Å². The number of halogens is 6. The van der Waals surface area contributed by atoms with Gasteiger partial charge in [-0.1, -0.05) is 52.1 Å². The number of hydrogen-bond acceptors (Lipinski definition) is 6. The van der Waals surface area contributed by atoms with Crippen LogP contribution in [0.2, 0.25) is 15.1 Å². The van der Waals surface area contributed by atoms with E-state index in [-0.39, 0.29) is 12.3 Å². The van der Waals surface area contributed by atoms with Gasteiger partial charge >= 0.3 is 6.18 Å². The Bertz CT molecular complexity index is 1330. The number of hydrogen-bond donors (Lipinski definition) is 2. The monoisotopic (exact) mass is 528 g/mol. The Morgan fingerprint density at radius 3 is 2.29 bits per heavy atom. The Labute approximate surface area is 206 Å². The van der Waals surface area contributed by atoms with Gasteiger partial charge in [0, 0.05) is 29.8 Å². The molecule has 2 heterocycles. The van der Waals surface area contributed by atoms with Gasteiger partial charge in [0.25, 0.3) is 0 Å². The van der Waals surface area contributed by atoms with Gasteiger partial charge in [-0.3, -0.25) is 0 Å². The van der Waals surface area contributed by atoms with Crippen LogP contribution in [0.3, 0.4) is 0 Å². The molecule has 4 rings (SSSR count). The molecule has 0 saturated carbocycles. The van der Waals surface area contributed by atoms with Gasteiger partial charge in [0.05, 0.1) is 26.3 Å². The lowest BCUT2D eigenvalue weighted by Crippen LogP contribution is -2.12. The second kappa shape index (κ2) is 9.79. The first-order chi connectivity index (χ1) is 16.1. The first-order valence-corrected chi connectivity index (χ1v) is 10.8. The maximum Gasteiger partial charge on any atom is 0.417 e. The van der Waals surface area contributed by atoms with Crippen molar-refractivity contribution in [2.45, 2.75) is 12.3 Å². The molecule has 0 amide bonds. The summed E-state index contributed by atoms with van der Waals surface area (Å²) in [6.07, 6.45) is -4.38. The smallest absolute Gasteiger partial charge is 0.383 e. The molecule has 2 N–H and O–H groups in total. The third-order valence-corrected chi connectivity index (χ3v) is 5.84. The summed E-state index contributed by atoms with van der Waals surface area (Å²) >= 11 is 17.7. The fraction of sp³-hybridized carbons (Fsp3) is 0.136. The molecule has 1 atom stereocenters. The lowest BCUT2D eigenvalue weighted by molar-refractivity contribution is -0.137. The number of anilines is 1. The fourth-order valence-corrected chi connectivity index (χ4v) is 3.64. The molecule has 12 heteroatoms. The maximum atomic E-state index is 12.9. The van der Waals surface area contributed by atoms with Gasteiger partial charge in [0.1, 0.15) is 23.9 Å². The molecule has 0 aliphatic heterocycles. The fourth-order valence-electron chi connectivity index (χ4n) is 3.06. The van der Waals surface area contributed by atoms with E-state index in [1.165, 1.54) is 24.5 Å². The van der Waals surface area contributed by atoms with Crippen LogP contribution in [0.5, 0.6) is 0 Å². The Kier molecular flexibility index (Phi) is 6.99. The number of benzene rings is 2. The number of nitrogens with zero attached hydrogens (tertiary/aromatic N) is 3. The van der Waals surface area contributed by atoms with Crippen molar-refractivity contribution >= 4 is 40.6 Å². The van der Waals surface area contributed by atoms with Crippen LogP contribution in [-0.2, 0) is 6.18 Å². The van der Waals surface area contributed by atoms with E-state index in [1.54, 1.807) is 24.3 Å². The molecular weight excluding hydrogens is 516 g/mol. The van der Waals surface area contributed by atoms with Gasteiger partial charge in [-0.15, -0.1) is 0 Å². The van der Waals surface area contributed by atoms with Crippen molar-refractivity contribution in [1.82, 2.24) is 15.1 Å². The number of aliphatic hydroxyl groups excluding tert-OH is 1. The first kappa shape index (κ1) is 24.3. The highest BCUT2D eigenvalue weighted by molar-refractivity contribution is 6.42. The predicted octanol–water partition coefficient (Wildman–Crippen LogP) is 6.92. The van der Waals surface area contributed by atoms with E-state index in [1.807, 2.05) is 0 Å². The van der Waals surface area contributed by atoms with E-state index >= 15 is 0 Å². The standard InChI is InChI=1S/C22H14Cl3F3N4O2/c23-14-4-2-12(6-16(14)25)18-7-20(34-32-18)19(33)9-29-21-8-17(30-10-31-21)11-1-3-13(15(24)5-11)22(26,27)28/h1-8,10,19,33H,9H2,(H,29,30,31). The molecule has 0 fully saturated rings. The Morgan fingerprint density at radius 1 is 0.882 bits per heavy atom. The van der Waals surface area contributed by atoms with Crippen LogP contribution in [0.25, 0.3) is 22.5 Å². The van der Waals surface area contributed by atoms with Crippen LogP contribution in [0.15, 0.2) is 59.4 Å². The van der Waals surface area contributed by atoms with Crippen LogP contribution in [-0.4, -0.2) is 26.8 Å². The van der Waals surface area contributed by atoms with Gasteiger partial charge in [-0.05, 0) is 24.3 Å². The zero-order valence-corrected chi connectivity index (χ0v) is 19.2. The molecule has 176 valence electrons. The number of rotatable bonds is 6. The van der Waals surface area contributed by atoms with Gasteiger partial charge < -0.3 is 14.9 Å². The molecular formula is C22H14Cl3F3N4O2. The SMILES string of the molecule is OC(CNc1cc(-c2ccc(C(F)(F)F)c(Cl)c2)ncn1)c1cc(-c2ccc(Cl)c(Cl)c2)no1. The summed E-state index contributed by atoms with van der Waals surface area (Å²) in [5.74, 6) is 0.543. The summed E-state index contributed by atoms with van der Waals surface area (Å²) in [7, 11) is 0. The number of aliphatic hydroxyl groups is 1. The Morgan fingerprint density at radius 2 is 1.59 bits per heavy atom.